The zero-order chi connectivity index (χ0) is 19.3. The lowest BCUT2D eigenvalue weighted by Crippen LogP contribution is -2.05. The van der Waals surface area contributed by atoms with Crippen molar-refractivity contribution < 1.29 is 10.2 Å². The van der Waals surface area contributed by atoms with Gasteiger partial charge in [0.25, 0.3) is 0 Å². The van der Waals surface area contributed by atoms with E-state index in [1.165, 1.54) is 11.1 Å². The molecule has 0 aromatic heterocycles. The number of benzene rings is 2. The lowest BCUT2D eigenvalue weighted by Gasteiger charge is -2.21. The maximum Gasteiger partial charge on any atom is 0.115 e. The first-order chi connectivity index (χ1) is 13.7. The van der Waals surface area contributed by atoms with Crippen molar-refractivity contribution >= 4 is 5.57 Å². The van der Waals surface area contributed by atoms with E-state index in [0.717, 1.165) is 24.0 Å². The molecular formula is C26H24O2. The zero-order valence-corrected chi connectivity index (χ0v) is 15.7. The van der Waals surface area contributed by atoms with Gasteiger partial charge in [-0.25, -0.2) is 0 Å². The maximum absolute atomic E-state index is 9.76. The van der Waals surface area contributed by atoms with Crippen LogP contribution in [0.15, 0.2) is 103 Å². The molecule has 0 radical (unpaired) electrons. The highest BCUT2D eigenvalue weighted by Gasteiger charge is 2.20. The largest absolute Gasteiger partial charge is 0.508 e. The molecule has 2 heteroatoms. The summed E-state index contributed by atoms with van der Waals surface area (Å²) in [4.78, 5) is 0. The molecule has 2 aliphatic rings. The molecule has 0 spiro atoms. The Labute approximate surface area is 166 Å². The minimum absolute atomic E-state index is 0.256. The van der Waals surface area contributed by atoms with Crippen LogP contribution in [0.5, 0.6) is 11.5 Å². The summed E-state index contributed by atoms with van der Waals surface area (Å²) in [5.74, 6) is 1.26. The van der Waals surface area contributed by atoms with Crippen molar-refractivity contribution in [1.82, 2.24) is 0 Å². The van der Waals surface area contributed by atoms with E-state index >= 15 is 0 Å². The molecule has 0 saturated carbocycles. The summed E-state index contributed by atoms with van der Waals surface area (Å²) in [6.07, 6.45) is 19.4. The van der Waals surface area contributed by atoms with Gasteiger partial charge in [0.15, 0.2) is 0 Å². The molecule has 2 aliphatic carbocycles. The van der Waals surface area contributed by atoms with Crippen LogP contribution in [0.1, 0.15) is 24.0 Å². The number of hydrogen-bond acceptors (Lipinski definition) is 2. The molecule has 28 heavy (non-hydrogen) atoms. The van der Waals surface area contributed by atoms with Gasteiger partial charge in [-0.2, -0.15) is 0 Å². The first-order valence-electron chi connectivity index (χ1n) is 9.72. The smallest absolute Gasteiger partial charge is 0.115 e. The summed E-state index contributed by atoms with van der Waals surface area (Å²) in [5, 5.41) is 19.5. The molecule has 2 aromatic carbocycles. The van der Waals surface area contributed by atoms with Gasteiger partial charge in [0.1, 0.15) is 11.5 Å². The fourth-order valence-electron chi connectivity index (χ4n) is 3.91. The second kappa shape index (κ2) is 8.18. The normalized spacial score (nSPS) is 15.6. The topological polar surface area (TPSA) is 40.5 Å². The fourth-order valence-corrected chi connectivity index (χ4v) is 3.91. The van der Waals surface area contributed by atoms with Gasteiger partial charge < -0.3 is 10.2 Å². The lowest BCUT2D eigenvalue weighted by atomic mass is 9.83. The Bertz CT molecular complexity index is 899. The second-order valence-corrected chi connectivity index (χ2v) is 7.26. The summed E-state index contributed by atoms with van der Waals surface area (Å²) in [6.45, 7) is 0. The van der Waals surface area contributed by atoms with Crippen molar-refractivity contribution in [2.75, 3.05) is 0 Å². The van der Waals surface area contributed by atoms with Crippen molar-refractivity contribution in [3.8, 4) is 11.5 Å². The molecule has 0 unspecified atom stereocenters. The van der Waals surface area contributed by atoms with Gasteiger partial charge in [-0.1, -0.05) is 78.4 Å². The summed E-state index contributed by atoms with van der Waals surface area (Å²) < 4.78 is 0. The van der Waals surface area contributed by atoms with Crippen molar-refractivity contribution in [3.63, 3.8) is 0 Å². The summed E-state index contributed by atoms with van der Waals surface area (Å²) in [6, 6.07) is 14.8. The van der Waals surface area contributed by atoms with Crippen LogP contribution in [-0.4, -0.2) is 10.2 Å². The van der Waals surface area contributed by atoms with Crippen molar-refractivity contribution in [2.24, 2.45) is 11.8 Å². The molecule has 0 bridgehead atoms. The SMILES string of the molecule is Oc1ccc(C(=C(CCC2C=CC=C2)C2C=CC=C2)c2ccc(O)cc2)cc1. The molecule has 2 aromatic rings. The molecule has 140 valence electrons. The Morgan fingerprint density at radius 2 is 1.11 bits per heavy atom. The molecule has 2 nitrogen and oxygen atoms in total. The van der Waals surface area contributed by atoms with Crippen molar-refractivity contribution in [2.45, 2.75) is 12.8 Å². The molecule has 0 fully saturated rings. The molecule has 2 N–H and O–H groups in total. The van der Waals surface area contributed by atoms with Gasteiger partial charge >= 0.3 is 0 Å². The molecule has 0 atom stereocenters. The molecular weight excluding hydrogens is 344 g/mol. The van der Waals surface area contributed by atoms with E-state index in [1.807, 2.05) is 24.3 Å². The van der Waals surface area contributed by atoms with Crippen LogP contribution in [0.3, 0.4) is 0 Å². The van der Waals surface area contributed by atoms with Gasteiger partial charge in [0.05, 0.1) is 0 Å². The van der Waals surface area contributed by atoms with E-state index in [1.54, 1.807) is 24.3 Å². The van der Waals surface area contributed by atoms with Gasteiger partial charge in [0.2, 0.25) is 0 Å². The third-order valence-corrected chi connectivity index (χ3v) is 5.36. The summed E-state index contributed by atoms with van der Waals surface area (Å²) in [5.41, 5.74) is 4.68. The Kier molecular flexibility index (Phi) is 5.29. The highest BCUT2D eigenvalue weighted by Crippen LogP contribution is 2.37. The third kappa shape index (κ3) is 4.01. The first-order valence-corrected chi connectivity index (χ1v) is 9.72. The molecule has 0 saturated heterocycles. The van der Waals surface area contributed by atoms with E-state index in [9.17, 15) is 10.2 Å². The number of rotatable bonds is 6. The van der Waals surface area contributed by atoms with Crippen LogP contribution < -0.4 is 0 Å². The number of hydrogen-bond donors (Lipinski definition) is 2. The number of phenolic OH excluding ortho intramolecular Hbond substituents is 2. The van der Waals surface area contributed by atoms with Gasteiger partial charge in [-0.15, -0.1) is 0 Å². The van der Waals surface area contributed by atoms with Gasteiger partial charge in [-0.05, 0) is 59.7 Å². The minimum atomic E-state index is 0.256. The van der Waals surface area contributed by atoms with Gasteiger partial charge in [0, 0.05) is 5.92 Å². The molecule has 0 aliphatic heterocycles. The van der Waals surface area contributed by atoms with Crippen LogP contribution in [-0.2, 0) is 0 Å². The van der Waals surface area contributed by atoms with Gasteiger partial charge in [-0.3, -0.25) is 0 Å². The summed E-state index contributed by atoms with van der Waals surface area (Å²) >= 11 is 0. The van der Waals surface area contributed by atoms with Crippen LogP contribution in [0.2, 0.25) is 0 Å². The van der Waals surface area contributed by atoms with Crippen molar-refractivity contribution in [3.05, 3.63) is 114 Å². The highest BCUT2D eigenvalue weighted by atomic mass is 16.3. The quantitative estimate of drug-likeness (QED) is 0.640. The molecule has 4 rings (SSSR count). The lowest BCUT2D eigenvalue weighted by molar-refractivity contribution is 0.475. The fraction of sp³-hybridized carbons (Fsp3) is 0.154. The van der Waals surface area contributed by atoms with E-state index in [4.69, 9.17) is 0 Å². The summed E-state index contributed by atoms with van der Waals surface area (Å²) in [7, 11) is 0. The predicted octanol–water partition coefficient (Wildman–Crippen LogP) is 6.16. The third-order valence-electron chi connectivity index (χ3n) is 5.36. The monoisotopic (exact) mass is 368 g/mol. The highest BCUT2D eigenvalue weighted by molar-refractivity contribution is 5.83. The van der Waals surface area contributed by atoms with E-state index in [2.05, 4.69) is 48.6 Å². The predicted molar refractivity (Wildman–Crippen MR) is 115 cm³/mol. The average Bonchev–Trinajstić information content (AvgIpc) is 3.41. The number of phenols is 2. The Balaban J connectivity index is 1.82. The standard InChI is InChI=1S/C26H24O2/c27-23-14-10-21(11-15-23)26(22-12-16-24(28)17-13-22)25(20-7-3-4-8-20)18-9-19-5-1-2-6-19/h1-8,10-17,19-20,27-28H,9,18H2. The minimum Gasteiger partial charge on any atom is -0.508 e. The Morgan fingerprint density at radius 3 is 1.61 bits per heavy atom. The van der Waals surface area contributed by atoms with Crippen LogP contribution in [0, 0.1) is 11.8 Å². The number of allylic oxidation sites excluding steroid dienone is 9. The second-order valence-electron chi connectivity index (χ2n) is 7.26. The van der Waals surface area contributed by atoms with Crippen LogP contribution >= 0.6 is 0 Å². The Hall–Kier alpha value is -3.26. The van der Waals surface area contributed by atoms with E-state index in [-0.39, 0.29) is 17.4 Å². The Morgan fingerprint density at radius 1 is 0.643 bits per heavy atom. The number of aromatic hydroxyl groups is 2. The van der Waals surface area contributed by atoms with E-state index in [0.29, 0.717) is 5.92 Å². The first kappa shape index (κ1) is 18.1. The van der Waals surface area contributed by atoms with E-state index < -0.39 is 0 Å². The van der Waals surface area contributed by atoms with Crippen LogP contribution in [0.25, 0.3) is 5.57 Å². The molecule has 0 heterocycles. The molecule has 0 amide bonds. The zero-order valence-electron chi connectivity index (χ0n) is 15.7. The maximum atomic E-state index is 9.76. The van der Waals surface area contributed by atoms with Crippen LogP contribution in [0.4, 0.5) is 0 Å². The average molecular weight is 368 g/mol. The van der Waals surface area contributed by atoms with Crippen molar-refractivity contribution in [1.29, 1.82) is 0 Å².